The van der Waals surface area contributed by atoms with Crippen LogP contribution in [0.25, 0.3) is 0 Å². The van der Waals surface area contributed by atoms with E-state index in [0.29, 0.717) is 18.9 Å². The van der Waals surface area contributed by atoms with E-state index in [9.17, 15) is 13.2 Å². The van der Waals surface area contributed by atoms with Crippen molar-refractivity contribution in [3.8, 4) is 0 Å². The minimum Gasteiger partial charge on any atom is -0.334 e. The number of hydrogen-bond acceptors (Lipinski definition) is 6. The van der Waals surface area contributed by atoms with E-state index >= 15 is 0 Å². The summed E-state index contributed by atoms with van der Waals surface area (Å²) in [7, 11) is -3.06. The Bertz CT molecular complexity index is 959. The summed E-state index contributed by atoms with van der Waals surface area (Å²) in [5.41, 5.74) is 3.34. The normalized spacial score (nSPS) is 18.3. The van der Waals surface area contributed by atoms with Gasteiger partial charge in [-0.15, -0.1) is 0 Å². The number of hydrogen-bond donors (Lipinski definition) is 1. The van der Waals surface area contributed by atoms with E-state index in [4.69, 9.17) is 0 Å². The van der Waals surface area contributed by atoms with Crippen LogP contribution in [0.4, 0.5) is 11.6 Å². The number of carbonyl (C=O) groups excluding carboxylic acids is 1. The number of nitrogens with one attached hydrogen (secondary N) is 1. The van der Waals surface area contributed by atoms with E-state index in [0.717, 1.165) is 16.8 Å². The monoisotopic (exact) mass is 388 g/mol. The number of anilines is 2. The Balaban J connectivity index is 1.80. The molecular weight excluding hydrogens is 364 g/mol. The molecule has 144 valence electrons. The molecule has 27 heavy (non-hydrogen) atoms. The molecule has 0 saturated carbocycles. The molecule has 1 aliphatic heterocycles. The fraction of sp³-hybridized carbons (Fsp3) is 0.421. The largest absolute Gasteiger partial charge is 0.334 e. The smallest absolute Gasteiger partial charge is 0.272 e. The second-order valence-electron chi connectivity index (χ2n) is 6.86. The van der Waals surface area contributed by atoms with Crippen molar-refractivity contribution >= 4 is 27.4 Å². The second-order valence-corrected chi connectivity index (χ2v) is 9.09. The van der Waals surface area contributed by atoms with Gasteiger partial charge in [0.25, 0.3) is 5.91 Å². The zero-order chi connectivity index (χ0) is 19.6. The molecule has 1 aromatic heterocycles. The predicted molar refractivity (Wildman–Crippen MR) is 105 cm³/mol. The summed E-state index contributed by atoms with van der Waals surface area (Å²) < 4.78 is 23.5. The highest BCUT2D eigenvalue weighted by Crippen LogP contribution is 2.21. The van der Waals surface area contributed by atoms with Gasteiger partial charge < -0.3 is 10.2 Å². The highest BCUT2D eigenvalue weighted by atomic mass is 32.2. The molecule has 8 heteroatoms. The molecule has 2 aromatic rings. The van der Waals surface area contributed by atoms with Crippen molar-refractivity contribution in [1.82, 2.24) is 14.9 Å². The minimum absolute atomic E-state index is 0.0192. The SMILES string of the molecule is CCN(C(=O)c1ccnc(Nc2ccc(C)cc2C)n1)C1CCS(=O)(=O)C1. The van der Waals surface area contributed by atoms with Crippen LogP contribution in [0.5, 0.6) is 0 Å². The van der Waals surface area contributed by atoms with Gasteiger partial charge >= 0.3 is 0 Å². The first-order valence-corrected chi connectivity index (χ1v) is 10.8. The van der Waals surface area contributed by atoms with Crippen LogP contribution in [0, 0.1) is 13.8 Å². The molecule has 0 radical (unpaired) electrons. The molecule has 0 bridgehead atoms. The van der Waals surface area contributed by atoms with Crippen molar-refractivity contribution in [3.05, 3.63) is 47.3 Å². The van der Waals surface area contributed by atoms with Crippen LogP contribution in [0.2, 0.25) is 0 Å². The maximum absolute atomic E-state index is 12.9. The van der Waals surface area contributed by atoms with Crippen LogP contribution in [-0.2, 0) is 9.84 Å². The van der Waals surface area contributed by atoms with Gasteiger partial charge in [-0.05, 0) is 44.9 Å². The second kappa shape index (κ2) is 7.64. The Kier molecular flexibility index (Phi) is 5.46. The van der Waals surface area contributed by atoms with Gasteiger partial charge in [-0.1, -0.05) is 17.7 Å². The number of carbonyl (C=O) groups is 1. The lowest BCUT2D eigenvalue weighted by atomic mass is 10.1. The average Bonchev–Trinajstić information content (AvgIpc) is 2.98. The number of aromatic nitrogens is 2. The minimum atomic E-state index is -3.06. The van der Waals surface area contributed by atoms with Gasteiger partial charge in [0, 0.05) is 24.5 Å². The molecule has 0 aliphatic carbocycles. The van der Waals surface area contributed by atoms with E-state index in [1.54, 1.807) is 11.0 Å². The van der Waals surface area contributed by atoms with Crippen molar-refractivity contribution in [3.63, 3.8) is 0 Å². The number of benzene rings is 1. The molecule has 1 saturated heterocycles. The Hall–Kier alpha value is -2.48. The van der Waals surface area contributed by atoms with Crippen LogP contribution in [-0.4, -0.2) is 53.3 Å². The number of sulfone groups is 1. The fourth-order valence-corrected chi connectivity index (χ4v) is 5.08. The zero-order valence-corrected chi connectivity index (χ0v) is 16.6. The van der Waals surface area contributed by atoms with Gasteiger partial charge in [-0.2, -0.15) is 0 Å². The Labute approximate surface area is 159 Å². The van der Waals surface area contributed by atoms with Gasteiger partial charge in [0.15, 0.2) is 9.84 Å². The van der Waals surface area contributed by atoms with E-state index in [1.165, 1.54) is 6.20 Å². The highest BCUT2D eigenvalue weighted by molar-refractivity contribution is 7.91. The quantitative estimate of drug-likeness (QED) is 0.846. The molecule has 1 N–H and O–H groups in total. The lowest BCUT2D eigenvalue weighted by Gasteiger charge is -2.26. The molecule has 1 amide bonds. The zero-order valence-electron chi connectivity index (χ0n) is 15.8. The molecule has 1 unspecified atom stereocenters. The molecular formula is C19H24N4O3S. The topological polar surface area (TPSA) is 92.3 Å². The van der Waals surface area contributed by atoms with Crippen LogP contribution in [0.15, 0.2) is 30.5 Å². The first-order valence-electron chi connectivity index (χ1n) is 8.98. The maximum atomic E-state index is 12.9. The summed E-state index contributed by atoms with van der Waals surface area (Å²) in [5, 5.41) is 3.15. The molecule has 1 aromatic carbocycles. The van der Waals surface area contributed by atoms with Crippen molar-refractivity contribution < 1.29 is 13.2 Å². The third-order valence-electron chi connectivity index (χ3n) is 4.75. The third kappa shape index (κ3) is 4.44. The van der Waals surface area contributed by atoms with Gasteiger partial charge in [-0.25, -0.2) is 18.4 Å². The van der Waals surface area contributed by atoms with Gasteiger partial charge in [-0.3, -0.25) is 4.79 Å². The molecule has 1 atom stereocenters. The molecule has 7 nitrogen and oxygen atoms in total. The van der Waals surface area contributed by atoms with Crippen molar-refractivity contribution in [2.24, 2.45) is 0 Å². The average molecular weight is 388 g/mol. The van der Waals surface area contributed by atoms with Crippen molar-refractivity contribution in [1.29, 1.82) is 0 Å². The Morgan fingerprint density at radius 3 is 2.70 bits per heavy atom. The van der Waals surface area contributed by atoms with Crippen molar-refractivity contribution in [2.45, 2.75) is 33.2 Å². The first-order chi connectivity index (χ1) is 12.8. The molecule has 0 spiro atoms. The lowest BCUT2D eigenvalue weighted by molar-refractivity contribution is 0.0702. The number of amides is 1. The summed E-state index contributed by atoms with van der Waals surface area (Å²) >= 11 is 0. The fourth-order valence-electron chi connectivity index (χ4n) is 3.35. The standard InChI is InChI=1S/C19H24N4O3S/c1-4-23(15-8-10-27(25,26)12-15)18(24)17-7-9-20-19(22-17)21-16-6-5-13(2)11-14(16)3/h5-7,9,11,15H,4,8,10,12H2,1-3H3,(H,20,21,22). The summed E-state index contributed by atoms with van der Waals surface area (Å²) in [4.78, 5) is 23.0. The molecule has 2 heterocycles. The number of nitrogens with zero attached hydrogens (tertiary/aromatic N) is 3. The van der Waals surface area contributed by atoms with E-state index in [-0.39, 0.29) is 29.1 Å². The maximum Gasteiger partial charge on any atom is 0.272 e. The molecule has 1 aliphatic rings. The van der Waals surface area contributed by atoms with Crippen LogP contribution < -0.4 is 5.32 Å². The van der Waals surface area contributed by atoms with E-state index in [1.807, 2.05) is 32.9 Å². The molecule has 1 fully saturated rings. The Morgan fingerprint density at radius 2 is 2.07 bits per heavy atom. The lowest BCUT2D eigenvalue weighted by Crippen LogP contribution is -2.41. The van der Waals surface area contributed by atoms with Gasteiger partial charge in [0.2, 0.25) is 5.95 Å². The summed E-state index contributed by atoms with van der Waals surface area (Å²) in [6, 6.07) is 7.25. The van der Waals surface area contributed by atoms with E-state index in [2.05, 4.69) is 21.4 Å². The predicted octanol–water partition coefficient (Wildman–Crippen LogP) is 2.49. The summed E-state index contributed by atoms with van der Waals surface area (Å²) in [6.07, 6.45) is 2.01. The van der Waals surface area contributed by atoms with Crippen LogP contribution in [0.1, 0.15) is 35.0 Å². The first kappa shape index (κ1) is 19.3. The number of aryl methyl sites for hydroxylation is 2. The highest BCUT2D eigenvalue weighted by Gasteiger charge is 2.34. The van der Waals surface area contributed by atoms with Crippen LogP contribution in [0.3, 0.4) is 0 Å². The summed E-state index contributed by atoms with van der Waals surface area (Å²) in [6.45, 7) is 6.29. The Morgan fingerprint density at radius 1 is 1.30 bits per heavy atom. The summed E-state index contributed by atoms with van der Waals surface area (Å²) in [5.74, 6) is 0.212. The van der Waals surface area contributed by atoms with Gasteiger partial charge in [0.1, 0.15) is 5.69 Å². The molecule has 3 rings (SSSR count). The van der Waals surface area contributed by atoms with Crippen LogP contribution >= 0.6 is 0 Å². The van der Waals surface area contributed by atoms with Gasteiger partial charge in [0.05, 0.1) is 11.5 Å². The van der Waals surface area contributed by atoms with E-state index < -0.39 is 9.84 Å². The number of rotatable bonds is 5. The third-order valence-corrected chi connectivity index (χ3v) is 6.50. The van der Waals surface area contributed by atoms with Crippen molar-refractivity contribution in [2.75, 3.05) is 23.4 Å².